The summed E-state index contributed by atoms with van der Waals surface area (Å²) in [6.07, 6.45) is 2.13. The Morgan fingerprint density at radius 3 is 1.65 bits per heavy atom. The minimum absolute atomic E-state index is 0.329. The van der Waals surface area contributed by atoms with Gasteiger partial charge in [-0.1, -0.05) is 37.4 Å². The van der Waals surface area contributed by atoms with Crippen LogP contribution in [-0.2, 0) is 9.59 Å². The molecule has 3 aromatic rings. The second-order valence-corrected chi connectivity index (χ2v) is 6.33. The first-order valence-corrected chi connectivity index (χ1v) is 9.22. The fraction of sp³-hybridized carbons (Fsp3) is 0.0400. The predicted octanol–water partition coefficient (Wildman–Crippen LogP) is 5.35. The Balaban J connectivity index is 1.91. The van der Waals surface area contributed by atoms with Crippen molar-refractivity contribution in [3.05, 3.63) is 91.8 Å². The van der Waals surface area contributed by atoms with Crippen molar-refractivity contribution in [2.75, 3.05) is 7.11 Å². The van der Waals surface area contributed by atoms with Gasteiger partial charge in [-0.25, -0.2) is 14.0 Å². The molecule has 0 unspecified atom stereocenters. The van der Waals surface area contributed by atoms with Gasteiger partial charge < -0.3 is 14.2 Å². The molecule has 0 atom stereocenters. The van der Waals surface area contributed by atoms with Gasteiger partial charge in [-0.15, -0.1) is 0 Å². The summed E-state index contributed by atoms with van der Waals surface area (Å²) in [6, 6.07) is 16.0. The maximum Gasteiger partial charge on any atom is 0.335 e. The summed E-state index contributed by atoms with van der Waals surface area (Å²) < 4.78 is 30.5. The van der Waals surface area contributed by atoms with E-state index in [2.05, 4.69) is 13.2 Å². The van der Waals surface area contributed by atoms with Gasteiger partial charge in [0, 0.05) is 23.3 Å². The van der Waals surface area contributed by atoms with Crippen LogP contribution in [0, 0.1) is 5.82 Å². The molecule has 0 saturated carbocycles. The molecule has 156 valence electrons. The summed E-state index contributed by atoms with van der Waals surface area (Å²) in [5.74, 6) is -0.443. The van der Waals surface area contributed by atoms with Crippen LogP contribution in [0.2, 0.25) is 0 Å². The van der Waals surface area contributed by atoms with E-state index in [1.807, 2.05) is 0 Å². The Hall–Kier alpha value is -4.19. The summed E-state index contributed by atoms with van der Waals surface area (Å²) in [5.41, 5.74) is 2.15. The third-order valence-corrected chi connectivity index (χ3v) is 4.39. The van der Waals surface area contributed by atoms with Crippen molar-refractivity contribution in [1.29, 1.82) is 0 Å². The van der Waals surface area contributed by atoms with E-state index in [4.69, 9.17) is 14.2 Å². The number of benzene rings is 3. The fourth-order valence-electron chi connectivity index (χ4n) is 2.89. The lowest BCUT2D eigenvalue weighted by Crippen LogP contribution is -2.02. The van der Waals surface area contributed by atoms with Crippen molar-refractivity contribution < 1.29 is 28.2 Å². The molecule has 0 aliphatic heterocycles. The smallest absolute Gasteiger partial charge is 0.335 e. The number of hydrogen-bond acceptors (Lipinski definition) is 5. The molecule has 31 heavy (non-hydrogen) atoms. The lowest BCUT2D eigenvalue weighted by molar-refractivity contribution is -0.129. The summed E-state index contributed by atoms with van der Waals surface area (Å²) in [5, 5.41) is 0. The Morgan fingerprint density at radius 2 is 1.23 bits per heavy atom. The predicted molar refractivity (Wildman–Crippen MR) is 115 cm³/mol. The number of carbonyl (C=O) groups excluding carboxylic acids is 2. The van der Waals surface area contributed by atoms with E-state index in [0.717, 1.165) is 12.2 Å². The number of carbonyl (C=O) groups is 2. The molecule has 0 N–H and O–H groups in total. The number of halogens is 1. The average Bonchev–Trinajstić information content (AvgIpc) is 2.80. The highest BCUT2D eigenvalue weighted by molar-refractivity contribution is 5.84. The Labute approximate surface area is 179 Å². The van der Waals surface area contributed by atoms with Crippen molar-refractivity contribution in [3.8, 4) is 39.5 Å². The first-order chi connectivity index (χ1) is 14.9. The number of esters is 2. The molecule has 0 saturated heterocycles. The topological polar surface area (TPSA) is 61.8 Å². The third kappa shape index (κ3) is 5.05. The van der Waals surface area contributed by atoms with Gasteiger partial charge in [-0.05, 0) is 47.5 Å². The summed E-state index contributed by atoms with van der Waals surface area (Å²) in [6.45, 7) is 6.69. The van der Waals surface area contributed by atoms with Crippen LogP contribution in [0.5, 0.6) is 17.2 Å². The monoisotopic (exact) mass is 418 g/mol. The molecular formula is C25H19FO5. The van der Waals surface area contributed by atoms with Crippen molar-refractivity contribution in [2.45, 2.75) is 0 Å². The lowest BCUT2D eigenvalue weighted by Gasteiger charge is -2.13. The van der Waals surface area contributed by atoms with Gasteiger partial charge in [0.05, 0.1) is 7.11 Å². The summed E-state index contributed by atoms with van der Waals surface area (Å²) in [4.78, 5) is 22.6. The lowest BCUT2D eigenvalue weighted by atomic mass is 9.98. The molecule has 0 heterocycles. The van der Waals surface area contributed by atoms with Crippen LogP contribution in [0.1, 0.15) is 0 Å². The molecule has 0 fully saturated rings. The van der Waals surface area contributed by atoms with E-state index in [1.165, 1.54) is 13.2 Å². The second-order valence-electron chi connectivity index (χ2n) is 6.33. The first-order valence-electron chi connectivity index (χ1n) is 9.22. The second kappa shape index (κ2) is 9.54. The van der Waals surface area contributed by atoms with Gasteiger partial charge in [0.25, 0.3) is 0 Å². The van der Waals surface area contributed by atoms with Crippen LogP contribution < -0.4 is 14.2 Å². The Bertz CT molecular complexity index is 1130. The highest BCUT2D eigenvalue weighted by atomic mass is 19.1. The molecule has 0 radical (unpaired) electrons. The molecule has 0 spiro atoms. The number of methoxy groups -OCH3 is 1. The van der Waals surface area contributed by atoms with Crippen LogP contribution in [-0.4, -0.2) is 19.0 Å². The Morgan fingerprint density at radius 1 is 0.774 bits per heavy atom. The van der Waals surface area contributed by atoms with Crippen LogP contribution in [0.4, 0.5) is 4.39 Å². The molecule has 0 aliphatic rings. The van der Waals surface area contributed by atoms with E-state index < -0.39 is 17.8 Å². The molecule has 0 bridgehead atoms. The van der Waals surface area contributed by atoms with Crippen molar-refractivity contribution in [3.63, 3.8) is 0 Å². The van der Waals surface area contributed by atoms with Gasteiger partial charge in [0.15, 0.2) is 0 Å². The van der Waals surface area contributed by atoms with Crippen LogP contribution in [0.25, 0.3) is 22.3 Å². The van der Waals surface area contributed by atoms with Gasteiger partial charge in [-0.3, -0.25) is 0 Å². The maximum atomic E-state index is 15.0. The van der Waals surface area contributed by atoms with E-state index in [-0.39, 0.29) is 0 Å². The zero-order valence-corrected chi connectivity index (χ0v) is 16.8. The summed E-state index contributed by atoms with van der Waals surface area (Å²) >= 11 is 0. The van der Waals surface area contributed by atoms with Gasteiger partial charge >= 0.3 is 11.9 Å². The molecule has 0 aliphatic carbocycles. The molecule has 0 aromatic heterocycles. The molecular weight excluding hydrogens is 399 g/mol. The first kappa shape index (κ1) is 21.5. The number of rotatable bonds is 7. The minimum Gasteiger partial charge on any atom is -0.496 e. The van der Waals surface area contributed by atoms with E-state index in [0.29, 0.717) is 39.5 Å². The third-order valence-electron chi connectivity index (χ3n) is 4.39. The van der Waals surface area contributed by atoms with Crippen LogP contribution >= 0.6 is 0 Å². The average molecular weight is 418 g/mol. The number of hydrogen-bond donors (Lipinski definition) is 0. The molecule has 5 nitrogen and oxygen atoms in total. The van der Waals surface area contributed by atoms with Crippen molar-refractivity contribution in [2.24, 2.45) is 0 Å². The molecule has 0 amide bonds. The molecule has 3 rings (SSSR count). The zero-order chi connectivity index (χ0) is 22.4. The van der Waals surface area contributed by atoms with Crippen LogP contribution in [0.3, 0.4) is 0 Å². The van der Waals surface area contributed by atoms with Crippen molar-refractivity contribution in [1.82, 2.24) is 0 Å². The SMILES string of the molecule is C=CC(=O)Oc1ccc(-c2cc(OC)c(-c3ccc(OC(=O)C=C)cc3)cc2F)cc1. The van der Waals surface area contributed by atoms with Crippen LogP contribution in [0.15, 0.2) is 86.0 Å². The molecule has 3 aromatic carbocycles. The van der Waals surface area contributed by atoms with E-state index >= 15 is 0 Å². The highest BCUT2D eigenvalue weighted by Gasteiger charge is 2.14. The molecule has 6 heteroatoms. The van der Waals surface area contributed by atoms with Gasteiger partial charge in [0.1, 0.15) is 23.1 Å². The van der Waals surface area contributed by atoms with Gasteiger partial charge in [0.2, 0.25) is 0 Å². The maximum absolute atomic E-state index is 15.0. The minimum atomic E-state index is -0.574. The fourth-order valence-corrected chi connectivity index (χ4v) is 2.89. The van der Waals surface area contributed by atoms with Crippen molar-refractivity contribution >= 4 is 11.9 Å². The normalized spacial score (nSPS) is 10.1. The quantitative estimate of drug-likeness (QED) is 0.294. The highest BCUT2D eigenvalue weighted by Crippen LogP contribution is 2.37. The van der Waals surface area contributed by atoms with E-state index in [9.17, 15) is 14.0 Å². The Kier molecular flexibility index (Phi) is 6.62. The zero-order valence-electron chi connectivity index (χ0n) is 16.8. The standard InChI is InChI=1S/C25H19FO5/c1-4-24(27)30-18-10-6-16(7-11-18)20-15-23(29-3)21(14-22(20)26)17-8-12-19(13-9-17)31-25(28)5-2/h4-15H,1-2H2,3H3. The summed E-state index contributed by atoms with van der Waals surface area (Å²) in [7, 11) is 1.50. The van der Waals surface area contributed by atoms with Gasteiger partial charge in [-0.2, -0.15) is 0 Å². The number of ether oxygens (including phenoxy) is 3. The largest absolute Gasteiger partial charge is 0.496 e. The van der Waals surface area contributed by atoms with E-state index in [1.54, 1.807) is 54.6 Å².